The Balaban J connectivity index is 2.03. The van der Waals surface area contributed by atoms with E-state index in [1.165, 1.54) is 0 Å². The standard InChI is InChI=1S/C17H27N3O5S/c1-11(2)10-15(16(21)19-14-8-9-25-17(14)22)18-12-4-6-13(7-5-12)20-26(3,23)24/h4-7,11,14-15,17-18,20,22H,8-10H2,1-3H3,(H,19,21)/t14-,15-,17?/m0/s1. The maximum atomic E-state index is 12.6. The van der Waals surface area contributed by atoms with E-state index < -0.39 is 28.4 Å². The molecule has 0 radical (unpaired) electrons. The van der Waals surface area contributed by atoms with E-state index >= 15 is 0 Å². The van der Waals surface area contributed by atoms with E-state index in [0.717, 1.165) is 6.26 Å². The maximum absolute atomic E-state index is 12.6. The van der Waals surface area contributed by atoms with Gasteiger partial charge in [-0.15, -0.1) is 0 Å². The van der Waals surface area contributed by atoms with Crippen molar-refractivity contribution in [2.75, 3.05) is 22.9 Å². The van der Waals surface area contributed by atoms with E-state index in [-0.39, 0.29) is 11.8 Å². The number of carbonyl (C=O) groups is 1. The Kier molecular flexibility index (Phi) is 6.85. The highest BCUT2D eigenvalue weighted by molar-refractivity contribution is 7.92. The monoisotopic (exact) mass is 385 g/mol. The summed E-state index contributed by atoms with van der Waals surface area (Å²) in [5, 5.41) is 15.7. The van der Waals surface area contributed by atoms with Crippen LogP contribution in [-0.2, 0) is 19.6 Å². The molecule has 1 aliphatic rings. The predicted molar refractivity (Wildman–Crippen MR) is 100 cm³/mol. The van der Waals surface area contributed by atoms with Gasteiger partial charge < -0.3 is 20.5 Å². The fourth-order valence-electron chi connectivity index (χ4n) is 2.75. The molecule has 1 heterocycles. The molecule has 1 unspecified atom stereocenters. The molecular formula is C17H27N3O5S. The Morgan fingerprint density at radius 2 is 1.88 bits per heavy atom. The summed E-state index contributed by atoms with van der Waals surface area (Å²) in [6.45, 7) is 4.46. The zero-order valence-corrected chi connectivity index (χ0v) is 16.0. The lowest BCUT2D eigenvalue weighted by Gasteiger charge is -2.24. The molecule has 1 aromatic carbocycles. The molecule has 1 fully saturated rings. The molecule has 4 N–H and O–H groups in total. The first-order valence-corrected chi connectivity index (χ1v) is 10.5. The molecule has 2 rings (SSSR count). The summed E-state index contributed by atoms with van der Waals surface area (Å²) >= 11 is 0. The summed E-state index contributed by atoms with van der Waals surface area (Å²) in [4.78, 5) is 12.6. The number of hydrogen-bond acceptors (Lipinski definition) is 6. The molecule has 1 aliphatic heterocycles. The van der Waals surface area contributed by atoms with Crippen LogP contribution in [0.25, 0.3) is 0 Å². The van der Waals surface area contributed by atoms with Crippen LogP contribution in [0.15, 0.2) is 24.3 Å². The number of aliphatic hydroxyl groups is 1. The number of ether oxygens (including phenoxy) is 1. The van der Waals surface area contributed by atoms with Crippen LogP contribution in [0.3, 0.4) is 0 Å². The molecule has 0 spiro atoms. The second-order valence-electron chi connectivity index (χ2n) is 6.94. The minimum atomic E-state index is -3.33. The van der Waals surface area contributed by atoms with Crippen molar-refractivity contribution in [3.63, 3.8) is 0 Å². The highest BCUT2D eigenvalue weighted by Crippen LogP contribution is 2.18. The second-order valence-corrected chi connectivity index (χ2v) is 8.69. The highest BCUT2D eigenvalue weighted by atomic mass is 32.2. The number of amides is 1. The van der Waals surface area contributed by atoms with Crippen molar-refractivity contribution in [2.24, 2.45) is 5.92 Å². The van der Waals surface area contributed by atoms with Gasteiger partial charge in [-0.2, -0.15) is 0 Å². The summed E-state index contributed by atoms with van der Waals surface area (Å²) in [6.07, 6.45) is 1.30. The van der Waals surface area contributed by atoms with Crippen LogP contribution in [0.2, 0.25) is 0 Å². The Labute approximate surface area is 154 Å². The van der Waals surface area contributed by atoms with Gasteiger partial charge in [-0.25, -0.2) is 8.42 Å². The lowest BCUT2D eigenvalue weighted by molar-refractivity contribution is -0.126. The smallest absolute Gasteiger partial charge is 0.242 e. The first-order chi connectivity index (χ1) is 12.1. The van der Waals surface area contributed by atoms with Crippen LogP contribution in [-0.4, -0.2) is 50.7 Å². The zero-order chi connectivity index (χ0) is 19.3. The minimum Gasteiger partial charge on any atom is -0.374 e. The molecule has 0 saturated carbocycles. The largest absolute Gasteiger partial charge is 0.374 e. The van der Waals surface area contributed by atoms with Crippen LogP contribution in [0.1, 0.15) is 26.7 Å². The zero-order valence-electron chi connectivity index (χ0n) is 15.2. The number of hydrogen-bond donors (Lipinski definition) is 4. The number of aliphatic hydroxyl groups excluding tert-OH is 1. The van der Waals surface area contributed by atoms with Crippen LogP contribution < -0.4 is 15.4 Å². The lowest BCUT2D eigenvalue weighted by atomic mass is 10.0. The topological polar surface area (TPSA) is 117 Å². The molecule has 26 heavy (non-hydrogen) atoms. The number of nitrogens with one attached hydrogen (secondary N) is 3. The molecule has 1 aromatic rings. The van der Waals surface area contributed by atoms with Crippen LogP contribution in [0.5, 0.6) is 0 Å². The van der Waals surface area contributed by atoms with Gasteiger partial charge in [0.05, 0.1) is 18.9 Å². The third-order valence-corrected chi connectivity index (χ3v) is 4.55. The summed E-state index contributed by atoms with van der Waals surface area (Å²) in [5.41, 5.74) is 1.15. The Morgan fingerprint density at radius 1 is 1.27 bits per heavy atom. The van der Waals surface area contributed by atoms with Gasteiger partial charge >= 0.3 is 0 Å². The average Bonchev–Trinajstić information content (AvgIpc) is 2.91. The van der Waals surface area contributed by atoms with Gasteiger partial charge in [-0.05, 0) is 43.0 Å². The molecule has 8 nitrogen and oxygen atoms in total. The fraction of sp³-hybridized carbons (Fsp3) is 0.588. The third kappa shape index (κ3) is 6.47. The van der Waals surface area contributed by atoms with Crippen LogP contribution in [0, 0.1) is 5.92 Å². The highest BCUT2D eigenvalue weighted by Gasteiger charge is 2.30. The minimum absolute atomic E-state index is 0.202. The Bertz CT molecular complexity index is 706. The van der Waals surface area contributed by atoms with Crippen molar-refractivity contribution in [3.8, 4) is 0 Å². The average molecular weight is 385 g/mol. The van der Waals surface area contributed by atoms with Crippen LogP contribution >= 0.6 is 0 Å². The van der Waals surface area contributed by atoms with Gasteiger partial charge in [0.1, 0.15) is 6.04 Å². The molecule has 3 atom stereocenters. The van der Waals surface area contributed by atoms with Crippen molar-refractivity contribution in [1.82, 2.24) is 5.32 Å². The maximum Gasteiger partial charge on any atom is 0.242 e. The lowest BCUT2D eigenvalue weighted by Crippen LogP contribution is -2.48. The van der Waals surface area contributed by atoms with E-state index in [1.807, 2.05) is 13.8 Å². The number of benzene rings is 1. The van der Waals surface area contributed by atoms with Crippen molar-refractivity contribution in [1.29, 1.82) is 0 Å². The summed E-state index contributed by atoms with van der Waals surface area (Å²) < 4.78 is 30.0. The van der Waals surface area contributed by atoms with Crippen molar-refractivity contribution in [2.45, 2.75) is 45.1 Å². The molecule has 0 aliphatic carbocycles. The van der Waals surface area contributed by atoms with Gasteiger partial charge in [0.25, 0.3) is 0 Å². The Morgan fingerprint density at radius 3 is 2.38 bits per heavy atom. The summed E-state index contributed by atoms with van der Waals surface area (Å²) in [7, 11) is -3.33. The number of sulfonamides is 1. The first kappa shape index (κ1) is 20.5. The second kappa shape index (κ2) is 8.70. The molecule has 1 saturated heterocycles. The molecule has 0 aromatic heterocycles. The third-order valence-electron chi connectivity index (χ3n) is 3.94. The number of rotatable bonds is 8. The van der Waals surface area contributed by atoms with E-state index in [0.29, 0.717) is 30.8 Å². The van der Waals surface area contributed by atoms with Crippen molar-refractivity contribution >= 4 is 27.3 Å². The van der Waals surface area contributed by atoms with Gasteiger partial charge in [-0.1, -0.05) is 13.8 Å². The van der Waals surface area contributed by atoms with E-state index in [9.17, 15) is 18.3 Å². The van der Waals surface area contributed by atoms with Crippen molar-refractivity contribution in [3.05, 3.63) is 24.3 Å². The summed E-state index contributed by atoms with van der Waals surface area (Å²) in [6, 6.07) is 5.80. The van der Waals surface area contributed by atoms with Crippen LogP contribution in [0.4, 0.5) is 11.4 Å². The first-order valence-electron chi connectivity index (χ1n) is 8.58. The molecule has 9 heteroatoms. The normalized spacial score (nSPS) is 21.4. The molecule has 0 bridgehead atoms. The SMILES string of the molecule is CC(C)C[C@H](Nc1ccc(NS(C)(=O)=O)cc1)C(=O)N[C@H]1CCOC1O. The van der Waals surface area contributed by atoms with Gasteiger partial charge in [0.15, 0.2) is 6.29 Å². The van der Waals surface area contributed by atoms with E-state index in [4.69, 9.17) is 4.74 Å². The molecular weight excluding hydrogens is 358 g/mol. The quantitative estimate of drug-likeness (QED) is 0.533. The van der Waals surface area contributed by atoms with Gasteiger partial charge in [0, 0.05) is 11.4 Å². The number of carbonyl (C=O) groups excluding carboxylic acids is 1. The Hall–Kier alpha value is -1.84. The molecule has 1 amide bonds. The van der Waals surface area contributed by atoms with Gasteiger partial charge in [-0.3, -0.25) is 9.52 Å². The van der Waals surface area contributed by atoms with E-state index in [2.05, 4.69) is 15.4 Å². The predicted octanol–water partition coefficient (Wildman–Crippen LogP) is 1.11. The fourth-order valence-corrected chi connectivity index (χ4v) is 3.32. The summed E-state index contributed by atoms with van der Waals surface area (Å²) in [5.74, 6) is 0.0840. The van der Waals surface area contributed by atoms with E-state index in [1.54, 1.807) is 24.3 Å². The van der Waals surface area contributed by atoms with Gasteiger partial charge in [0.2, 0.25) is 15.9 Å². The van der Waals surface area contributed by atoms with Crippen molar-refractivity contribution < 1.29 is 23.1 Å². The molecule has 146 valence electrons. The number of anilines is 2.